The zero-order valence-corrected chi connectivity index (χ0v) is 21.1. The number of hydrogen-bond donors (Lipinski definition) is 3. The summed E-state index contributed by atoms with van der Waals surface area (Å²) in [5.41, 5.74) is 1.03. The van der Waals surface area contributed by atoms with Gasteiger partial charge in [0.25, 0.3) is 0 Å². The number of methoxy groups -OCH3 is 1. The monoisotopic (exact) mass is 516 g/mol. The normalized spacial score (nSPS) is 12.4. The van der Waals surface area contributed by atoms with E-state index in [-0.39, 0.29) is 5.70 Å². The lowest BCUT2D eigenvalue weighted by molar-refractivity contribution is -0.142. The van der Waals surface area contributed by atoms with Gasteiger partial charge in [-0.1, -0.05) is 31.2 Å². The van der Waals surface area contributed by atoms with Crippen molar-refractivity contribution in [2.24, 2.45) is 0 Å². The van der Waals surface area contributed by atoms with Crippen molar-refractivity contribution in [3.8, 4) is 16.9 Å². The summed E-state index contributed by atoms with van der Waals surface area (Å²) in [5, 5.41) is 22.0. The van der Waals surface area contributed by atoms with Gasteiger partial charge >= 0.3 is 12.1 Å². The SMILES string of the molecule is CCc1cc(-c2csc(/C(=C/C(=N)C(F)(F)F)Nc3ccccc3OC)c2)cc(C(C)(C)C(=O)O)c1. The number of anilines is 1. The Labute approximate surface area is 211 Å². The first-order valence-electron chi connectivity index (χ1n) is 11.1. The van der Waals surface area contributed by atoms with Crippen molar-refractivity contribution in [3.05, 3.63) is 76.0 Å². The molecule has 0 saturated heterocycles. The molecule has 3 aromatic rings. The second-order valence-corrected chi connectivity index (χ2v) is 9.61. The van der Waals surface area contributed by atoms with Gasteiger partial charge in [-0.3, -0.25) is 10.2 Å². The Morgan fingerprint density at radius 3 is 2.44 bits per heavy atom. The van der Waals surface area contributed by atoms with Crippen molar-refractivity contribution in [1.29, 1.82) is 5.41 Å². The van der Waals surface area contributed by atoms with Crippen LogP contribution in [0, 0.1) is 5.41 Å². The van der Waals surface area contributed by atoms with E-state index in [1.165, 1.54) is 18.4 Å². The van der Waals surface area contributed by atoms with E-state index < -0.39 is 23.3 Å². The van der Waals surface area contributed by atoms with Gasteiger partial charge < -0.3 is 15.2 Å². The number of carbonyl (C=O) groups is 1. The molecule has 3 rings (SSSR count). The van der Waals surface area contributed by atoms with Crippen molar-refractivity contribution < 1.29 is 27.8 Å². The third-order valence-electron chi connectivity index (χ3n) is 5.83. The minimum atomic E-state index is -4.80. The average Bonchev–Trinajstić information content (AvgIpc) is 3.33. The first-order valence-corrected chi connectivity index (χ1v) is 12.0. The number of alkyl halides is 3. The lowest BCUT2D eigenvalue weighted by atomic mass is 9.82. The van der Waals surface area contributed by atoms with E-state index in [0.717, 1.165) is 22.8 Å². The minimum absolute atomic E-state index is 0.0933. The van der Waals surface area contributed by atoms with Crippen LogP contribution in [0.5, 0.6) is 5.75 Å². The number of aliphatic carboxylic acids is 1. The van der Waals surface area contributed by atoms with Gasteiger partial charge in [0.1, 0.15) is 11.5 Å². The summed E-state index contributed by atoms with van der Waals surface area (Å²) in [6.07, 6.45) is -3.36. The first-order chi connectivity index (χ1) is 16.9. The minimum Gasteiger partial charge on any atom is -0.495 e. The number of benzene rings is 2. The summed E-state index contributed by atoms with van der Waals surface area (Å²) in [6.45, 7) is 5.23. The Hall–Kier alpha value is -3.59. The van der Waals surface area contributed by atoms with E-state index >= 15 is 0 Å². The largest absolute Gasteiger partial charge is 0.495 e. The predicted octanol–water partition coefficient (Wildman–Crippen LogP) is 7.38. The van der Waals surface area contributed by atoms with E-state index in [1.54, 1.807) is 55.6 Å². The number of para-hydroxylation sites is 2. The van der Waals surface area contributed by atoms with Crippen molar-refractivity contribution in [1.82, 2.24) is 0 Å². The van der Waals surface area contributed by atoms with Gasteiger partial charge in [0, 0.05) is 0 Å². The number of ether oxygens (including phenoxy) is 1. The fraction of sp³-hybridized carbons (Fsp3) is 0.259. The molecule has 0 aliphatic rings. The topological polar surface area (TPSA) is 82.4 Å². The van der Waals surface area contributed by atoms with Crippen LogP contribution in [0.2, 0.25) is 0 Å². The number of thiophene rings is 1. The average molecular weight is 517 g/mol. The fourth-order valence-electron chi connectivity index (χ4n) is 3.46. The maximum atomic E-state index is 13.2. The molecule has 1 heterocycles. The summed E-state index contributed by atoms with van der Waals surface area (Å²) in [6, 6.07) is 14.2. The molecule has 3 N–H and O–H groups in total. The molecule has 36 heavy (non-hydrogen) atoms. The van der Waals surface area contributed by atoms with E-state index in [1.807, 2.05) is 19.1 Å². The maximum Gasteiger partial charge on any atom is 0.432 e. The highest BCUT2D eigenvalue weighted by Crippen LogP contribution is 2.36. The molecule has 1 aromatic heterocycles. The highest BCUT2D eigenvalue weighted by molar-refractivity contribution is 7.11. The van der Waals surface area contributed by atoms with Gasteiger partial charge in [-0.15, -0.1) is 11.3 Å². The molecule has 0 unspecified atom stereocenters. The van der Waals surface area contributed by atoms with Crippen LogP contribution in [0.25, 0.3) is 16.8 Å². The van der Waals surface area contributed by atoms with Crippen LogP contribution in [0.15, 0.2) is 60.0 Å². The van der Waals surface area contributed by atoms with Gasteiger partial charge in [-0.2, -0.15) is 13.2 Å². The highest BCUT2D eigenvalue weighted by atomic mass is 32.1. The molecule has 0 radical (unpaired) electrons. The summed E-state index contributed by atoms with van der Waals surface area (Å²) in [5.74, 6) is -0.514. The number of hydrogen-bond acceptors (Lipinski definition) is 5. The van der Waals surface area contributed by atoms with Crippen molar-refractivity contribution in [2.75, 3.05) is 12.4 Å². The number of nitrogens with one attached hydrogen (secondary N) is 2. The third-order valence-corrected chi connectivity index (χ3v) is 6.79. The Kier molecular flexibility index (Phi) is 7.93. The maximum absolute atomic E-state index is 13.2. The number of carboxylic acid groups (broad SMARTS) is 1. The molecule has 9 heteroatoms. The standard InChI is InChI=1S/C27H27F3N2O3S/c1-5-16-10-17(12-19(11-16)26(2,3)25(33)34)18-13-23(36-15-18)21(14-24(31)27(28,29)30)32-20-8-6-7-9-22(20)35-4/h6-15,31-32H,5H2,1-4H3,(H,33,34)/b21-14-,31-24?. The summed E-state index contributed by atoms with van der Waals surface area (Å²) < 4.78 is 45.0. The molecule has 190 valence electrons. The molecular formula is C27H27F3N2O3S. The number of carboxylic acids is 1. The van der Waals surface area contributed by atoms with E-state index in [9.17, 15) is 23.1 Å². The number of aryl methyl sites for hydroxylation is 1. The lowest BCUT2D eigenvalue weighted by Gasteiger charge is -2.21. The van der Waals surface area contributed by atoms with Crippen LogP contribution in [0.4, 0.5) is 18.9 Å². The molecule has 0 aliphatic carbocycles. The Bertz CT molecular complexity index is 1310. The van der Waals surface area contributed by atoms with Crippen LogP contribution in [0.3, 0.4) is 0 Å². The van der Waals surface area contributed by atoms with Gasteiger partial charge in [-0.25, -0.2) is 0 Å². The van der Waals surface area contributed by atoms with Crippen molar-refractivity contribution >= 4 is 34.4 Å². The summed E-state index contributed by atoms with van der Waals surface area (Å²) >= 11 is 1.22. The Morgan fingerprint density at radius 2 is 1.83 bits per heavy atom. The second kappa shape index (κ2) is 10.6. The van der Waals surface area contributed by atoms with Crippen LogP contribution in [-0.4, -0.2) is 30.1 Å². The zero-order valence-electron chi connectivity index (χ0n) is 20.3. The smallest absolute Gasteiger partial charge is 0.432 e. The van der Waals surface area contributed by atoms with Crippen molar-refractivity contribution in [3.63, 3.8) is 0 Å². The van der Waals surface area contributed by atoms with Crippen LogP contribution >= 0.6 is 11.3 Å². The number of rotatable bonds is 9. The van der Waals surface area contributed by atoms with Gasteiger partial charge in [0.2, 0.25) is 0 Å². The second-order valence-electron chi connectivity index (χ2n) is 8.70. The van der Waals surface area contributed by atoms with Crippen LogP contribution in [-0.2, 0) is 16.6 Å². The molecule has 0 aliphatic heterocycles. The van der Waals surface area contributed by atoms with Crippen LogP contribution < -0.4 is 10.1 Å². The molecule has 0 spiro atoms. The molecule has 0 fully saturated rings. The Morgan fingerprint density at radius 1 is 1.14 bits per heavy atom. The van der Waals surface area contributed by atoms with Gasteiger partial charge in [-0.05, 0) is 78.2 Å². The summed E-state index contributed by atoms with van der Waals surface area (Å²) in [7, 11) is 1.46. The van der Waals surface area contributed by atoms with E-state index in [2.05, 4.69) is 5.32 Å². The molecule has 0 saturated carbocycles. The van der Waals surface area contributed by atoms with Gasteiger partial charge in [0.05, 0.1) is 28.8 Å². The van der Waals surface area contributed by atoms with Crippen molar-refractivity contribution in [2.45, 2.75) is 38.8 Å². The Balaban J connectivity index is 2.09. The first kappa shape index (κ1) is 27.0. The molecule has 0 atom stereocenters. The molecule has 0 amide bonds. The molecule has 5 nitrogen and oxygen atoms in total. The quantitative estimate of drug-likeness (QED) is 0.259. The molecular weight excluding hydrogens is 489 g/mol. The molecule has 2 aromatic carbocycles. The fourth-order valence-corrected chi connectivity index (χ4v) is 4.35. The van der Waals surface area contributed by atoms with E-state index in [0.29, 0.717) is 28.3 Å². The van der Waals surface area contributed by atoms with Gasteiger partial charge in [0.15, 0.2) is 0 Å². The summed E-state index contributed by atoms with van der Waals surface area (Å²) in [4.78, 5) is 12.3. The zero-order chi connectivity index (χ0) is 26.7. The number of allylic oxidation sites excluding steroid dienone is 1. The molecule has 0 bridgehead atoms. The predicted molar refractivity (Wildman–Crippen MR) is 138 cm³/mol. The van der Waals surface area contributed by atoms with Crippen LogP contribution in [0.1, 0.15) is 36.8 Å². The highest BCUT2D eigenvalue weighted by Gasteiger charge is 2.33. The lowest BCUT2D eigenvalue weighted by Crippen LogP contribution is -2.28. The number of halogens is 3. The van der Waals surface area contributed by atoms with E-state index in [4.69, 9.17) is 10.1 Å². The third kappa shape index (κ3) is 5.96.